The fourth-order valence-corrected chi connectivity index (χ4v) is 2.42. The number of hydrogen-bond donors (Lipinski definition) is 1. The third-order valence-electron chi connectivity index (χ3n) is 3.79. The number of ether oxygens (including phenoxy) is 1. The summed E-state index contributed by atoms with van der Waals surface area (Å²) in [4.78, 5) is 0. The lowest BCUT2D eigenvalue weighted by Gasteiger charge is -2.28. The van der Waals surface area contributed by atoms with Crippen molar-refractivity contribution in [3.05, 3.63) is 35.9 Å². The SMILES string of the molecule is CCCNC(c1ccccc1)C(CC)OCC1CC1. The molecule has 1 fully saturated rings. The normalized spacial score (nSPS) is 18.2. The number of nitrogens with one attached hydrogen (secondary N) is 1. The van der Waals surface area contributed by atoms with Crippen LogP contribution in [0.3, 0.4) is 0 Å². The molecule has 1 saturated carbocycles. The Kier molecular flexibility index (Phi) is 5.87. The van der Waals surface area contributed by atoms with E-state index in [4.69, 9.17) is 4.74 Å². The lowest BCUT2D eigenvalue weighted by atomic mass is 9.99. The van der Waals surface area contributed by atoms with Gasteiger partial charge < -0.3 is 10.1 Å². The summed E-state index contributed by atoms with van der Waals surface area (Å²) in [6, 6.07) is 11.0. The first kappa shape index (κ1) is 14.5. The van der Waals surface area contributed by atoms with E-state index in [2.05, 4.69) is 49.5 Å². The van der Waals surface area contributed by atoms with Crippen LogP contribution in [0.1, 0.15) is 51.1 Å². The molecule has 2 nitrogen and oxygen atoms in total. The number of rotatable bonds is 9. The van der Waals surface area contributed by atoms with Gasteiger partial charge in [0.05, 0.1) is 12.1 Å². The summed E-state index contributed by atoms with van der Waals surface area (Å²) in [6.07, 6.45) is 5.21. The van der Waals surface area contributed by atoms with Gasteiger partial charge in [0.2, 0.25) is 0 Å². The van der Waals surface area contributed by atoms with Crippen molar-refractivity contribution < 1.29 is 4.74 Å². The second kappa shape index (κ2) is 7.66. The summed E-state index contributed by atoms with van der Waals surface area (Å²) >= 11 is 0. The van der Waals surface area contributed by atoms with Crippen LogP contribution in [0.5, 0.6) is 0 Å². The van der Waals surface area contributed by atoms with E-state index in [1.807, 2.05) is 0 Å². The summed E-state index contributed by atoms with van der Waals surface area (Å²) < 4.78 is 6.17. The third-order valence-corrected chi connectivity index (χ3v) is 3.79. The molecule has 2 unspecified atom stereocenters. The van der Waals surface area contributed by atoms with Crippen LogP contribution in [0.15, 0.2) is 30.3 Å². The van der Waals surface area contributed by atoms with Crippen molar-refractivity contribution in [3.63, 3.8) is 0 Å². The molecule has 1 aliphatic rings. The Balaban J connectivity index is 2.00. The third kappa shape index (κ3) is 4.63. The molecule has 19 heavy (non-hydrogen) atoms. The molecular weight excluding hydrogens is 234 g/mol. The van der Waals surface area contributed by atoms with Gasteiger partial charge in [0, 0.05) is 6.61 Å². The van der Waals surface area contributed by atoms with Gasteiger partial charge in [0.1, 0.15) is 0 Å². The molecule has 2 rings (SSSR count). The minimum Gasteiger partial charge on any atom is -0.376 e. The van der Waals surface area contributed by atoms with Gasteiger partial charge >= 0.3 is 0 Å². The Labute approximate surface area is 117 Å². The first-order valence-corrected chi connectivity index (χ1v) is 7.75. The van der Waals surface area contributed by atoms with Gasteiger partial charge in [-0.15, -0.1) is 0 Å². The molecule has 2 atom stereocenters. The number of benzene rings is 1. The molecule has 0 spiro atoms. The highest BCUT2D eigenvalue weighted by atomic mass is 16.5. The van der Waals surface area contributed by atoms with Crippen molar-refractivity contribution in [2.24, 2.45) is 5.92 Å². The Morgan fingerprint density at radius 1 is 1.21 bits per heavy atom. The second-order valence-corrected chi connectivity index (χ2v) is 5.57. The summed E-state index contributed by atoms with van der Waals surface area (Å²) in [5.74, 6) is 0.830. The molecule has 0 aromatic heterocycles. The van der Waals surface area contributed by atoms with Gasteiger partial charge in [0.15, 0.2) is 0 Å². The zero-order valence-electron chi connectivity index (χ0n) is 12.3. The monoisotopic (exact) mass is 261 g/mol. The average Bonchev–Trinajstić information content (AvgIpc) is 3.27. The first-order chi connectivity index (χ1) is 9.35. The topological polar surface area (TPSA) is 21.3 Å². The summed E-state index contributed by atoms with van der Waals surface area (Å²) in [5.41, 5.74) is 1.35. The smallest absolute Gasteiger partial charge is 0.0767 e. The highest BCUT2D eigenvalue weighted by Gasteiger charge is 2.26. The molecule has 1 aliphatic carbocycles. The van der Waals surface area contributed by atoms with Gasteiger partial charge in [-0.1, -0.05) is 44.2 Å². The van der Waals surface area contributed by atoms with Crippen LogP contribution in [0.4, 0.5) is 0 Å². The highest BCUT2D eigenvalue weighted by Crippen LogP contribution is 2.31. The molecular formula is C17H27NO. The molecule has 0 radical (unpaired) electrons. The zero-order chi connectivity index (χ0) is 13.5. The van der Waals surface area contributed by atoms with Crippen LogP contribution in [0.25, 0.3) is 0 Å². The quantitative estimate of drug-likeness (QED) is 0.727. The fourth-order valence-electron chi connectivity index (χ4n) is 2.42. The summed E-state index contributed by atoms with van der Waals surface area (Å²) in [6.45, 7) is 6.42. The van der Waals surface area contributed by atoms with Crippen molar-refractivity contribution in [2.45, 2.75) is 51.7 Å². The molecule has 0 bridgehead atoms. The molecule has 1 N–H and O–H groups in total. The van der Waals surface area contributed by atoms with Crippen molar-refractivity contribution in [1.82, 2.24) is 5.32 Å². The maximum atomic E-state index is 6.17. The lowest BCUT2D eigenvalue weighted by Crippen LogP contribution is -2.34. The minimum absolute atomic E-state index is 0.287. The van der Waals surface area contributed by atoms with E-state index in [0.29, 0.717) is 6.04 Å². The summed E-state index contributed by atoms with van der Waals surface area (Å²) in [5, 5.41) is 3.66. The van der Waals surface area contributed by atoms with E-state index in [9.17, 15) is 0 Å². The van der Waals surface area contributed by atoms with E-state index >= 15 is 0 Å². The Bertz CT molecular complexity index is 348. The van der Waals surface area contributed by atoms with Crippen LogP contribution in [-0.4, -0.2) is 19.3 Å². The number of hydrogen-bond acceptors (Lipinski definition) is 2. The van der Waals surface area contributed by atoms with Crippen molar-refractivity contribution >= 4 is 0 Å². The maximum absolute atomic E-state index is 6.17. The van der Waals surface area contributed by atoms with Crippen LogP contribution in [-0.2, 0) is 4.74 Å². The molecule has 0 aliphatic heterocycles. The Hall–Kier alpha value is -0.860. The average molecular weight is 261 g/mol. The lowest BCUT2D eigenvalue weighted by molar-refractivity contribution is 0.0171. The predicted octanol–water partition coefficient (Wildman–Crippen LogP) is 3.93. The zero-order valence-corrected chi connectivity index (χ0v) is 12.3. The van der Waals surface area contributed by atoms with E-state index in [0.717, 1.165) is 31.9 Å². The van der Waals surface area contributed by atoms with Crippen LogP contribution in [0.2, 0.25) is 0 Å². The van der Waals surface area contributed by atoms with E-state index < -0.39 is 0 Å². The molecule has 0 heterocycles. The minimum atomic E-state index is 0.287. The molecule has 0 amide bonds. The van der Waals surface area contributed by atoms with Crippen molar-refractivity contribution in [3.8, 4) is 0 Å². The van der Waals surface area contributed by atoms with E-state index in [-0.39, 0.29) is 6.10 Å². The molecule has 106 valence electrons. The molecule has 2 heteroatoms. The maximum Gasteiger partial charge on any atom is 0.0767 e. The van der Waals surface area contributed by atoms with Crippen LogP contribution < -0.4 is 5.32 Å². The van der Waals surface area contributed by atoms with Gasteiger partial charge in [-0.3, -0.25) is 0 Å². The van der Waals surface area contributed by atoms with Gasteiger partial charge in [-0.2, -0.15) is 0 Å². The Morgan fingerprint density at radius 2 is 1.95 bits per heavy atom. The predicted molar refractivity (Wildman–Crippen MR) is 80.2 cm³/mol. The van der Waals surface area contributed by atoms with Gasteiger partial charge in [0.25, 0.3) is 0 Å². The second-order valence-electron chi connectivity index (χ2n) is 5.57. The fraction of sp³-hybridized carbons (Fsp3) is 0.647. The van der Waals surface area contributed by atoms with Crippen molar-refractivity contribution in [2.75, 3.05) is 13.2 Å². The highest BCUT2D eigenvalue weighted by molar-refractivity contribution is 5.20. The molecule has 1 aromatic carbocycles. The van der Waals surface area contributed by atoms with E-state index in [1.54, 1.807) is 0 Å². The van der Waals surface area contributed by atoms with Crippen LogP contribution in [0, 0.1) is 5.92 Å². The standard InChI is InChI=1S/C17H27NO/c1-3-12-18-17(15-8-6-5-7-9-15)16(4-2)19-13-14-10-11-14/h5-9,14,16-18H,3-4,10-13H2,1-2H3. The van der Waals surface area contributed by atoms with Crippen LogP contribution >= 0.6 is 0 Å². The van der Waals surface area contributed by atoms with E-state index in [1.165, 1.54) is 18.4 Å². The largest absolute Gasteiger partial charge is 0.376 e. The summed E-state index contributed by atoms with van der Waals surface area (Å²) in [7, 11) is 0. The van der Waals surface area contributed by atoms with Gasteiger partial charge in [-0.05, 0) is 43.7 Å². The van der Waals surface area contributed by atoms with Gasteiger partial charge in [-0.25, -0.2) is 0 Å². The van der Waals surface area contributed by atoms with Crippen molar-refractivity contribution in [1.29, 1.82) is 0 Å². The molecule has 1 aromatic rings. The Morgan fingerprint density at radius 3 is 2.53 bits per heavy atom. The molecule has 0 saturated heterocycles. The first-order valence-electron chi connectivity index (χ1n) is 7.75.